The zero-order valence-corrected chi connectivity index (χ0v) is 12.8. The van der Waals surface area contributed by atoms with Gasteiger partial charge in [0.1, 0.15) is 5.54 Å². The lowest BCUT2D eigenvalue weighted by Gasteiger charge is -2.31. The van der Waals surface area contributed by atoms with Crippen LogP contribution in [0, 0.1) is 0 Å². The van der Waals surface area contributed by atoms with E-state index in [0.717, 1.165) is 25.8 Å². The van der Waals surface area contributed by atoms with Gasteiger partial charge < -0.3 is 10.0 Å². The third-order valence-electron chi connectivity index (χ3n) is 4.77. The van der Waals surface area contributed by atoms with Crippen molar-refractivity contribution in [1.82, 2.24) is 5.32 Å². The first-order valence-electron chi connectivity index (χ1n) is 7.85. The topological polar surface area (TPSA) is 52.6 Å². The van der Waals surface area contributed by atoms with Crippen LogP contribution in [0.15, 0.2) is 24.3 Å². The van der Waals surface area contributed by atoms with Gasteiger partial charge in [0, 0.05) is 24.3 Å². The van der Waals surface area contributed by atoms with Gasteiger partial charge in [0.25, 0.3) is 0 Å². The molecule has 2 N–H and O–H groups in total. The summed E-state index contributed by atoms with van der Waals surface area (Å²) in [7, 11) is 0. The molecular formula is C17H24N2O2. The van der Waals surface area contributed by atoms with Gasteiger partial charge in [-0.1, -0.05) is 18.2 Å². The number of rotatable bonds is 6. The van der Waals surface area contributed by atoms with E-state index in [1.54, 1.807) is 0 Å². The quantitative estimate of drug-likeness (QED) is 0.844. The molecule has 4 heteroatoms. The highest BCUT2D eigenvalue weighted by Gasteiger charge is 2.39. The number of hydrogen-bond acceptors (Lipinski definition) is 3. The normalized spacial score (nSPS) is 23.7. The Morgan fingerprint density at radius 2 is 2.14 bits per heavy atom. The van der Waals surface area contributed by atoms with Crippen molar-refractivity contribution in [2.45, 2.75) is 57.2 Å². The molecule has 1 aliphatic carbocycles. The van der Waals surface area contributed by atoms with Crippen molar-refractivity contribution in [3.8, 4) is 0 Å². The summed E-state index contributed by atoms with van der Waals surface area (Å²) in [5.74, 6) is -0.741. The highest BCUT2D eigenvalue weighted by Crippen LogP contribution is 2.33. The highest BCUT2D eigenvalue weighted by molar-refractivity contribution is 5.78. The smallest absolute Gasteiger partial charge is 0.323 e. The molecule has 0 bridgehead atoms. The minimum absolute atomic E-state index is 0.398. The second-order valence-electron chi connectivity index (χ2n) is 6.68. The summed E-state index contributed by atoms with van der Waals surface area (Å²) in [5, 5.41) is 12.9. The minimum atomic E-state index is -0.821. The number of benzene rings is 1. The molecular weight excluding hydrogens is 264 g/mol. The van der Waals surface area contributed by atoms with Crippen LogP contribution in [0.1, 0.15) is 38.7 Å². The van der Waals surface area contributed by atoms with Crippen LogP contribution in [0.2, 0.25) is 0 Å². The van der Waals surface area contributed by atoms with Crippen LogP contribution >= 0.6 is 0 Å². The molecule has 1 aliphatic heterocycles. The molecule has 0 amide bonds. The summed E-state index contributed by atoms with van der Waals surface area (Å²) < 4.78 is 0. The van der Waals surface area contributed by atoms with Gasteiger partial charge in [-0.15, -0.1) is 0 Å². The number of nitrogens with one attached hydrogen (secondary N) is 1. The van der Waals surface area contributed by atoms with Crippen molar-refractivity contribution in [3.63, 3.8) is 0 Å². The zero-order chi connectivity index (χ0) is 15.0. The van der Waals surface area contributed by atoms with Gasteiger partial charge >= 0.3 is 5.97 Å². The zero-order valence-electron chi connectivity index (χ0n) is 12.8. The average molecular weight is 288 g/mol. The van der Waals surface area contributed by atoms with E-state index >= 15 is 0 Å². The summed E-state index contributed by atoms with van der Waals surface area (Å²) in [5.41, 5.74) is 1.82. The Bertz CT molecular complexity index is 541. The Morgan fingerprint density at radius 1 is 1.43 bits per heavy atom. The highest BCUT2D eigenvalue weighted by atomic mass is 16.4. The SMILES string of the molecule is CC1Cc2ccccc2N1CCC(C)(NC1CC1)C(=O)O. The fourth-order valence-corrected chi connectivity index (χ4v) is 3.23. The van der Waals surface area contributed by atoms with E-state index in [4.69, 9.17) is 0 Å². The molecule has 2 atom stereocenters. The van der Waals surface area contributed by atoms with Crippen molar-refractivity contribution >= 4 is 11.7 Å². The number of nitrogens with zero attached hydrogens (tertiary/aromatic N) is 1. The minimum Gasteiger partial charge on any atom is -0.480 e. The molecule has 114 valence electrons. The summed E-state index contributed by atoms with van der Waals surface area (Å²) in [6, 6.07) is 9.29. The van der Waals surface area contributed by atoms with E-state index in [9.17, 15) is 9.90 Å². The fourth-order valence-electron chi connectivity index (χ4n) is 3.23. The van der Waals surface area contributed by atoms with Gasteiger partial charge in [0.15, 0.2) is 0 Å². The van der Waals surface area contributed by atoms with Crippen LogP contribution in [0.5, 0.6) is 0 Å². The predicted molar refractivity (Wildman–Crippen MR) is 83.8 cm³/mol. The monoisotopic (exact) mass is 288 g/mol. The summed E-state index contributed by atoms with van der Waals surface area (Å²) in [6.45, 7) is 4.81. The van der Waals surface area contributed by atoms with Crippen LogP contribution in [0.4, 0.5) is 5.69 Å². The van der Waals surface area contributed by atoms with Crippen LogP contribution in [-0.4, -0.2) is 35.2 Å². The van der Waals surface area contributed by atoms with Gasteiger partial charge in [0.2, 0.25) is 0 Å². The van der Waals surface area contributed by atoms with Crippen LogP contribution < -0.4 is 10.2 Å². The molecule has 1 aromatic carbocycles. The van der Waals surface area contributed by atoms with Gasteiger partial charge in [-0.05, 0) is 51.2 Å². The first-order chi connectivity index (χ1) is 9.99. The average Bonchev–Trinajstić information content (AvgIpc) is 3.18. The molecule has 1 heterocycles. The van der Waals surface area contributed by atoms with Crippen LogP contribution in [-0.2, 0) is 11.2 Å². The molecule has 3 rings (SSSR count). The van der Waals surface area contributed by atoms with E-state index in [-0.39, 0.29) is 0 Å². The molecule has 0 spiro atoms. The lowest BCUT2D eigenvalue weighted by molar-refractivity contribution is -0.144. The van der Waals surface area contributed by atoms with E-state index in [1.165, 1.54) is 11.3 Å². The van der Waals surface area contributed by atoms with Gasteiger partial charge in [-0.25, -0.2) is 0 Å². The number of para-hydroxylation sites is 1. The van der Waals surface area contributed by atoms with Crippen LogP contribution in [0.3, 0.4) is 0 Å². The Labute approximate surface area is 126 Å². The standard InChI is InChI=1S/C17H24N2O2/c1-12-11-13-5-3-4-6-15(13)19(12)10-9-17(2,16(20)21)18-14-7-8-14/h3-6,12,14,18H,7-11H2,1-2H3,(H,20,21). The molecule has 0 aromatic heterocycles. The van der Waals surface area contributed by atoms with Crippen molar-refractivity contribution in [1.29, 1.82) is 0 Å². The molecule has 1 aromatic rings. The Morgan fingerprint density at radius 3 is 2.81 bits per heavy atom. The number of anilines is 1. The maximum Gasteiger partial charge on any atom is 0.323 e. The van der Waals surface area contributed by atoms with Crippen molar-refractivity contribution in [2.24, 2.45) is 0 Å². The number of fused-ring (bicyclic) bond motifs is 1. The second-order valence-corrected chi connectivity index (χ2v) is 6.68. The maximum absolute atomic E-state index is 11.6. The predicted octanol–water partition coefficient (Wildman–Crippen LogP) is 2.42. The van der Waals surface area contributed by atoms with Gasteiger partial charge in [-0.2, -0.15) is 0 Å². The molecule has 21 heavy (non-hydrogen) atoms. The largest absolute Gasteiger partial charge is 0.480 e. The molecule has 1 fully saturated rings. The number of carboxylic acids is 1. The number of carboxylic acid groups (broad SMARTS) is 1. The number of aliphatic carboxylic acids is 1. The lowest BCUT2D eigenvalue weighted by Crippen LogP contribution is -2.52. The van der Waals surface area contributed by atoms with Gasteiger partial charge in [0.05, 0.1) is 0 Å². The number of hydrogen-bond donors (Lipinski definition) is 2. The van der Waals surface area contributed by atoms with E-state index < -0.39 is 11.5 Å². The third kappa shape index (κ3) is 2.91. The molecule has 0 saturated heterocycles. The van der Waals surface area contributed by atoms with E-state index in [2.05, 4.69) is 41.4 Å². The molecule has 4 nitrogen and oxygen atoms in total. The van der Waals surface area contributed by atoms with E-state index in [1.807, 2.05) is 6.92 Å². The first kappa shape index (κ1) is 14.4. The Hall–Kier alpha value is -1.55. The molecule has 2 aliphatic rings. The first-order valence-corrected chi connectivity index (χ1v) is 7.85. The van der Waals surface area contributed by atoms with Crippen molar-refractivity contribution < 1.29 is 9.90 Å². The lowest BCUT2D eigenvalue weighted by atomic mass is 9.97. The van der Waals surface area contributed by atoms with Gasteiger partial charge in [-0.3, -0.25) is 10.1 Å². The fraction of sp³-hybridized carbons (Fsp3) is 0.588. The Balaban J connectivity index is 1.69. The van der Waals surface area contributed by atoms with Crippen LogP contribution in [0.25, 0.3) is 0 Å². The summed E-state index contributed by atoms with van der Waals surface area (Å²) >= 11 is 0. The summed E-state index contributed by atoms with van der Waals surface area (Å²) in [4.78, 5) is 14.0. The Kier molecular flexibility index (Phi) is 3.66. The van der Waals surface area contributed by atoms with Crippen molar-refractivity contribution in [3.05, 3.63) is 29.8 Å². The van der Waals surface area contributed by atoms with Crippen molar-refractivity contribution in [2.75, 3.05) is 11.4 Å². The third-order valence-corrected chi connectivity index (χ3v) is 4.77. The number of carbonyl (C=O) groups is 1. The summed E-state index contributed by atoms with van der Waals surface area (Å²) in [6.07, 6.45) is 3.88. The molecule has 0 radical (unpaired) electrons. The maximum atomic E-state index is 11.6. The van der Waals surface area contributed by atoms with E-state index in [0.29, 0.717) is 18.5 Å². The molecule has 2 unspecified atom stereocenters. The second kappa shape index (κ2) is 5.34. The molecule has 1 saturated carbocycles.